The number of hydrogen-bond donors (Lipinski definition) is 1. The molecule has 2 N–H and O–H groups in total. The van der Waals surface area contributed by atoms with Gasteiger partial charge in [0.25, 0.3) is 0 Å². The standard InChI is InChI=1S/C18H24N2OS/c19-10-15-9-18(13-21-15)5-7-20(8-6-18)11-14-12-22-17-4-2-1-3-16(14)17/h1-4,12,15H,5-11,13,19H2. The van der Waals surface area contributed by atoms with Crippen LogP contribution in [0.1, 0.15) is 24.8 Å². The van der Waals surface area contributed by atoms with Crippen LogP contribution in [-0.4, -0.2) is 37.2 Å². The Hall–Kier alpha value is -0.940. The molecule has 1 aromatic heterocycles. The van der Waals surface area contributed by atoms with Gasteiger partial charge in [-0.25, -0.2) is 0 Å². The summed E-state index contributed by atoms with van der Waals surface area (Å²) >= 11 is 1.86. The monoisotopic (exact) mass is 316 g/mol. The van der Waals surface area contributed by atoms with Crippen molar-refractivity contribution in [2.75, 3.05) is 26.2 Å². The number of ether oxygens (including phenoxy) is 1. The average Bonchev–Trinajstić information content (AvgIpc) is 3.15. The molecule has 0 saturated carbocycles. The number of hydrogen-bond acceptors (Lipinski definition) is 4. The van der Waals surface area contributed by atoms with E-state index in [1.165, 1.54) is 48.0 Å². The molecule has 3 heterocycles. The van der Waals surface area contributed by atoms with Crippen LogP contribution in [0.5, 0.6) is 0 Å². The quantitative estimate of drug-likeness (QED) is 0.945. The Morgan fingerprint density at radius 2 is 2.09 bits per heavy atom. The molecule has 2 aromatic rings. The van der Waals surface area contributed by atoms with Gasteiger partial charge in [-0.3, -0.25) is 4.90 Å². The van der Waals surface area contributed by atoms with Gasteiger partial charge < -0.3 is 10.5 Å². The fourth-order valence-corrected chi connectivity index (χ4v) is 4.93. The Morgan fingerprint density at radius 1 is 1.27 bits per heavy atom. The summed E-state index contributed by atoms with van der Waals surface area (Å²) in [6, 6.07) is 8.74. The first-order valence-corrected chi connectivity index (χ1v) is 9.15. The van der Waals surface area contributed by atoms with Gasteiger partial charge in [-0.15, -0.1) is 11.3 Å². The summed E-state index contributed by atoms with van der Waals surface area (Å²) in [6.45, 7) is 5.05. The van der Waals surface area contributed by atoms with E-state index in [2.05, 4.69) is 34.5 Å². The highest BCUT2D eigenvalue weighted by molar-refractivity contribution is 7.17. The summed E-state index contributed by atoms with van der Waals surface area (Å²) < 4.78 is 7.26. The molecule has 118 valence electrons. The zero-order valence-corrected chi connectivity index (χ0v) is 13.8. The van der Waals surface area contributed by atoms with Gasteiger partial charge in [0.1, 0.15) is 0 Å². The lowest BCUT2D eigenvalue weighted by Crippen LogP contribution is -2.40. The van der Waals surface area contributed by atoms with Crippen molar-refractivity contribution in [3.8, 4) is 0 Å². The summed E-state index contributed by atoms with van der Waals surface area (Å²) in [5.41, 5.74) is 7.66. The van der Waals surface area contributed by atoms with E-state index in [9.17, 15) is 0 Å². The van der Waals surface area contributed by atoms with Crippen LogP contribution in [0.25, 0.3) is 10.1 Å². The van der Waals surface area contributed by atoms with E-state index in [1.807, 2.05) is 11.3 Å². The third kappa shape index (κ3) is 2.69. The maximum absolute atomic E-state index is 5.85. The second-order valence-electron chi connectivity index (χ2n) is 6.91. The normalized spacial score (nSPS) is 25.2. The van der Waals surface area contributed by atoms with Crippen LogP contribution in [0.4, 0.5) is 0 Å². The van der Waals surface area contributed by atoms with Crippen LogP contribution in [0, 0.1) is 5.41 Å². The van der Waals surface area contributed by atoms with E-state index >= 15 is 0 Å². The number of fused-ring (bicyclic) bond motifs is 1. The second-order valence-corrected chi connectivity index (χ2v) is 7.82. The Bertz CT molecular complexity index is 645. The first-order chi connectivity index (χ1) is 10.8. The van der Waals surface area contributed by atoms with Gasteiger partial charge in [0.2, 0.25) is 0 Å². The lowest BCUT2D eigenvalue weighted by Gasteiger charge is -2.38. The van der Waals surface area contributed by atoms with Gasteiger partial charge in [-0.2, -0.15) is 0 Å². The predicted octanol–water partition coefficient (Wildman–Crippen LogP) is 3.23. The first-order valence-electron chi connectivity index (χ1n) is 8.27. The maximum Gasteiger partial charge on any atom is 0.0703 e. The number of rotatable bonds is 3. The van der Waals surface area contributed by atoms with Crippen LogP contribution >= 0.6 is 11.3 Å². The van der Waals surface area contributed by atoms with E-state index in [-0.39, 0.29) is 0 Å². The summed E-state index contributed by atoms with van der Waals surface area (Å²) in [4.78, 5) is 2.61. The number of benzene rings is 1. The molecule has 2 fully saturated rings. The molecule has 0 amide bonds. The lowest BCUT2D eigenvalue weighted by atomic mass is 9.76. The first kappa shape index (κ1) is 14.6. The van der Waals surface area contributed by atoms with Gasteiger partial charge in [-0.1, -0.05) is 18.2 Å². The predicted molar refractivity (Wildman–Crippen MR) is 92.2 cm³/mol. The molecule has 0 aliphatic carbocycles. The highest BCUT2D eigenvalue weighted by Gasteiger charge is 2.41. The Balaban J connectivity index is 1.40. The maximum atomic E-state index is 5.85. The van der Waals surface area contributed by atoms with E-state index in [1.54, 1.807) is 0 Å². The molecule has 0 bridgehead atoms. The topological polar surface area (TPSA) is 38.5 Å². The molecule has 3 nitrogen and oxygen atoms in total. The molecule has 2 aliphatic rings. The minimum Gasteiger partial charge on any atom is -0.376 e. The van der Waals surface area contributed by atoms with E-state index in [0.29, 0.717) is 18.1 Å². The molecule has 4 rings (SSSR count). The molecular weight excluding hydrogens is 292 g/mol. The van der Waals surface area contributed by atoms with Crippen molar-refractivity contribution in [1.82, 2.24) is 4.90 Å². The van der Waals surface area contributed by atoms with E-state index in [0.717, 1.165) is 13.2 Å². The molecule has 0 radical (unpaired) electrons. The van der Waals surface area contributed by atoms with Crippen molar-refractivity contribution < 1.29 is 4.74 Å². The Kier molecular flexibility index (Phi) is 3.95. The fraction of sp³-hybridized carbons (Fsp3) is 0.556. The van der Waals surface area contributed by atoms with Gasteiger partial charge in [0.05, 0.1) is 12.7 Å². The highest BCUT2D eigenvalue weighted by Crippen LogP contribution is 2.42. The molecule has 4 heteroatoms. The van der Waals surface area contributed by atoms with Crippen LogP contribution in [0.15, 0.2) is 29.6 Å². The fourth-order valence-electron chi connectivity index (χ4n) is 3.98. The van der Waals surface area contributed by atoms with Gasteiger partial charge in [0.15, 0.2) is 0 Å². The second kappa shape index (κ2) is 5.93. The van der Waals surface area contributed by atoms with Gasteiger partial charge in [0, 0.05) is 17.8 Å². The third-order valence-corrected chi connectivity index (χ3v) is 6.43. The van der Waals surface area contributed by atoms with Crippen molar-refractivity contribution in [2.24, 2.45) is 11.1 Å². The number of nitrogens with zero attached hydrogens (tertiary/aromatic N) is 1. The summed E-state index contributed by atoms with van der Waals surface area (Å²) in [5.74, 6) is 0. The lowest BCUT2D eigenvalue weighted by molar-refractivity contribution is 0.0650. The smallest absolute Gasteiger partial charge is 0.0703 e. The minimum absolute atomic E-state index is 0.298. The summed E-state index contributed by atoms with van der Waals surface area (Å²) in [6.07, 6.45) is 3.97. The van der Waals surface area contributed by atoms with Gasteiger partial charge >= 0.3 is 0 Å². The molecule has 22 heavy (non-hydrogen) atoms. The molecule has 1 aromatic carbocycles. The number of piperidine rings is 1. The van der Waals surface area contributed by atoms with Crippen LogP contribution in [0.3, 0.4) is 0 Å². The number of thiophene rings is 1. The zero-order valence-electron chi connectivity index (χ0n) is 13.0. The Labute approximate surface area is 136 Å². The molecule has 1 atom stereocenters. The number of nitrogens with two attached hydrogens (primary N) is 1. The molecule has 1 unspecified atom stereocenters. The van der Waals surface area contributed by atoms with Crippen molar-refractivity contribution >= 4 is 21.4 Å². The largest absolute Gasteiger partial charge is 0.376 e. The van der Waals surface area contributed by atoms with E-state index in [4.69, 9.17) is 10.5 Å². The Morgan fingerprint density at radius 3 is 2.86 bits per heavy atom. The van der Waals surface area contributed by atoms with Crippen LogP contribution in [-0.2, 0) is 11.3 Å². The molecule has 1 spiro atoms. The molecular formula is C18H24N2OS. The van der Waals surface area contributed by atoms with Crippen LogP contribution < -0.4 is 5.73 Å². The number of likely N-dealkylation sites (tertiary alicyclic amines) is 1. The van der Waals surface area contributed by atoms with Crippen molar-refractivity contribution in [1.29, 1.82) is 0 Å². The highest BCUT2D eigenvalue weighted by atomic mass is 32.1. The summed E-state index contributed by atoms with van der Waals surface area (Å²) in [5, 5.41) is 3.76. The van der Waals surface area contributed by atoms with Crippen molar-refractivity contribution in [3.63, 3.8) is 0 Å². The van der Waals surface area contributed by atoms with E-state index < -0.39 is 0 Å². The SMILES string of the molecule is NCC1CC2(CCN(Cc3csc4ccccc34)CC2)CO1. The molecule has 2 aliphatic heterocycles. The van der Waals surface area contributed by atoms with Crippen LogP contribution in [0.2, 0.25) is 0 Å². The minimum atomic E-state index is 0.298. The average molecular weight is 316 g/mol. The third-order valence-electron chi connectivity index (χ3n) is 5.42. The summed E-state index contributed by atoms with van der Waals surface area (Å²) in [7, 11) is 0. The zero-order chi connectivity index (χ0) is 15.0. The molecule has 2 saturated heterocycles. The van der Waals surface area contributed by atoms with Crippen molar-refractivity contribution in [3.05, 3.63) is 35.2 Å². The van der Waals surface area contributed by atoms with Gasteiger partial charge in [-0.05, 0) is 60.2 Å². The van der Waals surface area contributed by atoms with Crippen molar-refractivity contribution in [2.45, 2.75) is 31.9 Å².